The van der Waals surface area contributed by atoms with E-state index in [4.69, 9.17) is 4.74 Å². The Morgan fingerprint density at radius 1 is 1.16 bits per heavy atom. The van der Waals surface area contributed by atoms with Gasteiger partial charge in [-0.05, 0) is 35.4 Å². The third kappa shape index (κ3) is 4.10. The molecule has 6 heteroatoms. The van der Waals surface area contributed by atoms with E-state index in [1.54, 1.807) is 31.4 Å². The molecular weight excluding hydrogens is 323 g/mol. The minimum atomic E-state index is -0.338. The summed E-state index contributed by atoms with van der Waals surface area (Å²) in [5.41, 5.74) is 2.47. The van der Waals surface area contributed by atoms with Gasteiger partial charge in [0.2, 0.25) is 11.5 Å². The number of fused-ring (bicyclic) bond motifs is 1. The van der Waals surface area contributed by atoms with Crippen LogP contribution in [0.3, 0.4) is 0 Å². The number of pyridine rings is 1. The van der Waals surface area contributed by atoms with E-state index in [2.05, 4.69) is 10.3 Å². The average Bonchev–Trinajstić information content (AvgIpc) is 2.56. The van der Waals surface area contributed by atoms with E-state index in [-0.39, 0.29) is 23.7 Å². The Labute approximate surface area is 143 Å². The van der Waals surface area contributed by atoms with Gasteiger partial charge in [-0.15, -0.1) is 0 Å². The second-order valence-electron chi connectivity index (χ2n) is 5.70. The predicted octanol–water partition coefficient (Wildman–Crippen LogP) is 2.99. The van der Waals surface area contributed by atoms with Gasteiger partial charge in [-0.2, -0.15) is 0 Å². The molecule has 1 heterocycles. The first kappa shape index (κ1) is 16.9. The van der Waals surface area contributed by atoms with Crippen molar-refractivity contribution in [2.75, 3.05) is 12.4 Å². The minimum Gasteiger partial charge on any atom is -0.380 e. The van der Waals surface area contributed by atoms with Gasteiger partial charge in [0, 0.05) is 24.2 Å². The summed E-state index contributed by atoms with van der Waals surface area (Å²) in [6, 6.07) is 12.6. The maximum atomic E-state index is 12.9. The van der Waals surface area contributed by atoms with Gasteiger partial charge in [-0.1, -0.05) is 18.2 Å². The fourth-order valence-corrected chi connectivity index (χ4v) is 2.68. The lowest BCUT2D eigenvalue weighted by Gasteiger charge is -2.09. The molecule has 0 bridgehead atoms. The molecule has 0 unspecified atom stereocenters. The zero-order chi connectivity index (χ0) is 17.8. The number of rotatable bonds is 5. The van der Waals surface area contributed by atoms with Gasteiger partial charge in [0.15, 0.2) is 0 Å². The number of halogens is 1. The quantitative estimate of drug-likeness (QED) is 0.750. The molecule has 0 radical (unpaired) electrons. The number of benzene rings is 2. The molecular formula is C19H17FN2O3. The van der Waals surface area contributed by atoms with Gasteiger partial charge in [-0.3, -0.25) is 9.59 Å². The van der Waals surface area contributed by atoms with Crippen LogP contribution in [0, 0.1) is 5.82 Å². The van der Waals surface area contributed by atoms with Gasteiger partial charge in [0.25, 0.3) is 0 Å². The molecule has 2 aromatic carbocycles. The van der Waals surface area contributed by atoms with Gasteiger partial charge in [-0.25, -0.2) is 4.39 Å². The van der Waals surface area contributed by atoms with Crippen molar-refractivity contribution in [2.45, 2.75) is 13.0 Å². The van der Waals surface area contributed by atoms with Crippen LogP contribution in [0.5, 0.6) is 0 Å². The van der Waals surface area contributed by atoms with Crippen LogP contribution in [0.4, 0.5) is 10.1 Å². The summed E-state index contributed by atoms with van der Waals surface area (Å²) in [4.78, 5) is 26.6. The van der Waals surface area contributed by atoms with Crippen LogP contribution in [0.1, 0.15) is 11.1 Å². The number of carbonyl (C=O) groups is 1. The minimum absolute atomic E-state index is 0.137. The monoisotopic (exact) mass is 340 g/mol. The number of anilines is 1. The summed E-state index contributed by atoms with van der Waals surface area (Å²) in [6.45, 7) is 0.330. The van der Waals surface area contributed by atoms with Crippen molar-refractivity contribution in [3.63, 3.8) is 0 Å². The number of ether oxygens (including phenoxy) is 1. The molecule has 0 fully saturated rings. The normalized spacial score (nSPS) is 10.8. The molecule has 0 atom stereocenters. The molecule has 0 saturated carbocycles. The Morgan fingerprint density at radius 2 is 1.92 bits per heavy atom. The molecule has 0 saturated heterocycles. The Bertz CT molecular complexity index is 965. The van der Waals surface area contributed by atoms with Crippen LogP contribution in [0.15, 0.2) is 53.3 Å². The standard InChI is InChI=1S/C19H17FN2O3/c1-25-11-13-9-19(24)22-17-10-15(6-7-16(13)17)21-18(23)8-12-2-4-14(20)5-3-12/h2-7,9-10H,8,11H2,1H3,(H,21,23)(H,22,24). The summed E-state index contributed by atoms with van der Waals surface area (Å²) < 4.78 is 18.0. The molecule has 25 heavy (non-hydrogen) atoms. The number of H-pyrrole nitrogens is 1. The predicted molar refractivity (Wildman–Crippen MR) is 94.0 cm³/mol. The lowest BCUT2D eigenvalue weighted by Crippen LogP contribution is -2.14. The van der Waals surface area contributed by atoms with Crippen molar-refractivity contribution < 1.29 is 13.9 Å². The van der Waals surface area contributed by atoms with E-state index < -0.39 is 0 Å². The highest BCUT2D eigenvalue weighted by molar-refractivity contribution is 5.95. The van der Waals surface area contributed by atoms with E-state index >= 15 is 0 Å². The average molecular weight is 340 g/mol. The Morgan fingerprint density at radius 3 is 2.64 bits per heavy atom. The molecule has 3 aromatic rings. The topological polar surface area (TPSA) is 71.2 Å². The number of amides is 1. The van der Waals surface area contributed by atoms with Crippen molar-refractivity contribution in [2.24, 2.45) is 0 Å². The van der Waals surface area contributed by atoms with E-state index in [1.807, 2.05) is 6.07 Å². The summed E-state index contributed by atoms with van der Waals surface area (Å²) in [5, 5.41) is 3.64. The first-order chi connectivity index (χ1) is 12.0. The third-order valence-corrected chi connectivity index (χ3v) is 3.79. The van der Waals surface area contributed by atoms with Crippen LogP contribution in [-0.4, -0.2) is 18.0 Å². The molecule has 0 spiro atoms. The Balaban J connectivity index is 1.80. The Hall–Kier alpha value is -2.99. The lowest BCUT2D eigenvalue weighted by molar-refractivity contribution is -0.115. The molecule has 3 rings (SSSR count). The number of methoxy groups -OCH3 is 1. The molecule has 5 nitrogen and oxygen atoms in total. The highest BCUT2D eigenvalue weighted by Crippen LogP contribution is 2.20. The van der Waals surface area contributed by atoms with Gasteiger partial charge >= 0.3 is 0 Å². The lowest BCUT2D eigenvalue weighted by atomic mass is 10.1. The smallest absolute Gasteiger partial charge is 0.248 e. The van der Waals surface area contributed by atoms with E-state index in [1.165, 1.54) is 18.2 Å². The second-order valence-corrected chi connectivity index (χ2v) is 5.70. The van der Waals surface area contributed by atoms with E-state index in [0.717, 1.165) is 16.5 Å². The third-order valence-electron chi connectivity index (χ3n) is 3.79. The first-order valence-electron chi connectivity index (χ1n) is 7.74. The van der Waals surface area contributed by atoms with Crippen LogP contribution < -0.4 is 10.9 Å². The van der Waals surface area contributed by atoms with Crippen LogP contribution in [-0.2, 0) is 22.6 Å². The molecule has 1 amide bonds. The molecule has 1 aromatic heterocycles. The maximum Gasteiger partial charge on any atom is 0.248 e. The molecule has 2 N–H and O–H groups in total. The fourth-order valence-electron chi connectivity index (χ4n) is 2.68. The zero-order valence-corrected chi connectivity index (χ0v) is 13.6. The number of carbonyl (C=O) groups excluding carboxylic acids is 1. The van der Waals surface area contributed by atoms with Gasteiger partial charge < -0.3 is 15.0 Å². The second kappa shape index (κ2) is 7.27. The number of hydrogen-bond acceptors (Lipinski definition) is 3. The highest BCUT2D eigenvalue weighted by atomic mass is 19.1. The summed E-state index contributed by atoms with van der Waals surface area (Å²) >= 11 is 0. The number of hydrogen-bond donors (Lipinski definition) is 2. The van der Waals surface area contributed by atoms with E-state index in [9.17, 15) is 14.0 Å². The number of aromatic nitrogens is 1. The molecule has 0 aliphatic heterocycles. The number of aromatic amines is 1. The van der Waals surface area contributed by atoms with Crippen molar-refractivity contribution in [3.8, 4) is 0 Å². The molecule has 0 aliphatic carbocycles. The largest absolute Gasteiger partial charge is 0.380 e. The van der Waals surface area contributed by atoms with Crippen molar-refractivity contribution in [1.29, 1.82) is 0 Å². The van der Waals surface area contributed by atoms with Crippen LogP contribution in [0.25, 0.3) is 10.9 Å². The molecule has 0 aliphatic rings. The van der Waals surface area contributed by atoms with Crippen molar-refractivity contribution in [1.82, 2.24) is 4.98 Å². The number of nitrogens with one attached hydrogen (secondary N) is 2. The summed E-state index contributed by atoms with van der Waals surface area (Å²) in [6.07, 6.45) is 0.137. The van der Waals surface area contributed by atoms with Crippen LogP contribution >= 0.6 is 0 Å². The zero-order valence-electron chi connectivity index (χ0n) is 13.6. The summed E-state index contributed by atoms with van der Waals surface area (Å²) in [5.74, 6) is -0.559. The Kier molecular flexibility index (Phi) is 4.90. The highest BCUT2D eigenvalue weighted by Gasteiger charge is 2.08. The van der Waals surface area contributed by atoms with Crippen LogP contribution in [0.2, 0.25) is 0 Å². The SMILES string of the molecule is COCc1cc(=O)[nH]c2cc(NC(=O)Cc3ccc(F)cc3)ccc12. The van der Waals surface area contributed by atoms with Gasteiger partial charge in [0.1, 0.15) is 5.82 Å². The maximum absolute atomic E-state index is 12.9. The van der Waals surface area contributed by atoms with E-state index in [0.29, 0.717) is 17.8 Å². The summed E-state index contributed by atoms with van der Waals surface area (Å²) in [7, 11) is 1.57. The fraction of sp³-hybridized carbons (Fsp3) is 0.158. The van der Waals surface area contributed by atoms with Crippen molar-refractivity contribution in [3.05, 3.63) is 75.8 Å². The first-order valence-corrected chi connectivity index (χ1v) is 7.74. The molecule has 128 valence electrons. The van der Waals surface area contributed by atoms with Crippen molar-refractivity contribution >= 4 is 22.5 Å². The van der Waals surface area contributed by atoms with Gasteiger partial charge in [0.05, 0.1) is 18.5 Å².